The molecule has 8 nitrogen and oxygen atoms in total. The molecule has 0 spiro atoms. The van der Waals surface area contributed by atoms with Crippen LogP contribution in [0.3, 0.4) is 0 Å². The zero-order chi connectivity index (χ0) is 38.2. The Morgan fingerprint density at radius 3 is 0.964 bits per heavy atom. The van der Waals surface area contributed by atoms with Crippen molar-refractivity contribution in [3.05, 3.63) is 144 Å². The first kappa shape index (κ1) is 34.4. The summed E-state index contributed by atoms with van der Waals surface area (Å²) in [7, 11) is 6.73. The van der Waals surface area contributed by atoms with Crippen molar-refractivity contribution in [1.82, 2.24) is 19.9 Å². The second-order valence-electron chi connectivity index (χ2n) is 13.4. The van der Waals surface area contributed by atoms with Gasteiger partial charge in [-0.1, -0.05) is 48.5 Å². The molecule has 56 heavy (non-hydrogen) atoms. The molecule has 0 aliphatic carbocycles. The number of nitrogens with zero attached hydrogens (tertiary/aromatic N) is 2. The molecule has 9 rings (SSSR count). The molecular weight excluding hydrogens is 697 g/mol. The van der Waals surface area contributed by atoms with Crippen molar-refractivity contribution < 1.29 is 18.9 Å². The fourth-order valence-electron chi connectivity index (χ4n) is 7.53. The maximum atomic E-state index is 5.70. The molecule has 4 aromatic carbocycles. The lowest BCUT2D eigenvalue weighted by Gasteiger charge is -2.09. The van der Waals surface area contributed by atoms with Crippen molar-refractivity contribution in [3.63, 3.8) is 0 Å². The lowest BCUT2D eigenvalue weighted by Crippen LogP contribution is -1.92. The van der Waals surface area contributed by atoms with Crippen LogP contribution in [0.25, 0.3) is 90.9 Å². The fraction of sp³-hybridized carbons (Fsp3) is 0.0833. The van der Waals surface area contributed by atoms with Crippen LogP contribution >= 0.6 is 0 Å². The van der Waals surface area contributed by atoms with E-state index in [0.717, 1.165) is 112 Å². The summed E-state index contributed by atoms with van der Waals surface area (Å²) < 4.78 is 22.8. The van der Waals surface area contributed by atoms with Crippen LogP contribution in [0.15, 0.2) is 121 Å². The van der Waals surface area contributed by atoms with E-state index in [1.54, 1.807) is 28.4 Å². The standard InChI is InChI=1S/C48H38N4O4/c1-53-33-13-5-9-29(25-33)45-37-17-19-39(49-37)46(30-10-6-14-34(26-30)54-2)41-21-23-43(51-41)48(32-12-8-16-36(28-32)56-4)44-24-22-42(52-44)47(40-20-18-38(45)50-40)31-11-7-15-35(27-31)55-3/h5-28,49-50H,1-4H3. The van der Waals surface area contributed by atoms with Crippen molar-refractivity contribution in [2.75, 3.05) is 28.4 Å². The number of H-pyrrole nitrogens is 2. The monoisotopic (exact) mass is 734 g/mol. The van der Waals surface area contributed by atoms with E-state index in [-0.39, 0.29) is 0 Å². The van der Waals surface area contributed by atoms with Gasteiger partial charge in [-0.2, -0.15) is 0 Å². The first-order chi connectivity index (χ1) is 27.5. The molecule has 2 aliphatic heterocycles. The summed E-state index contributed by atoms with van der Waals surface area (Å²) >= 11 is 0. The van der Waals surface area contributed by atoms with Gasteiger partial charge in [0.1, 0.15) is 23.0 Å². The zero-order valence-electron chi connectivity index (χ0n) is 31.4. The van der Waals surface area contributed by atoms with Gasteiger partial charge < -0.3 is 28.9 Å². The van der Waals surface area contributed by atoms with Crippen LogP contribution in [0.2, 0.25) is 0 Å². The van der Waals surface area contributed by atoms with Gasteiger partial charge in [0, 0.05) is 44.3 Å². The number of rotatable bonds is 8. The molecule has 8 heteroatoms. The van der Waals surface area contributed by atoms with Crippen LogP contribution in [-0.2, 0) is 0 Å². The van der Waals surface area contributed by atoms with Crippen molar-refractivity contribution in [1.29, 1.82) is 0 Å². The number of hydrogen-bond acceptors (Lipinski definition) is 6. The Balaban J connectivity index is 1.47. The van der Waals surface area contributed by atoms with Crippen LogP contribution in [0.4, 0.5) is 0 Å². The molecule has 3 aromatic heterocycles. The Hall–Kier alpha value is -7.32. The number of benzene rings is 4. The fourth-order valence-corrected chi connectivity index (χ4v) is 7.53. The number of nitrogens with one attached hydrogen (secondary N) is 2. The molecule has 0 saturated heterocycles. The second-order valence-corrected chi connectivity index (χ2v) is 13.4. The molecule has 0 saturated carbocycles. The van der Waals surface area contributed by atoms with Crippen LogP contribution < -0.4 is 18.9 Å². The van der Waals surface area contributed by atoms with E-state index in [9.17, 15) is 0 Å². The smallest absolute Gasteiger partial charge is 0.119 e. The number of hydrogen-bond donors (Lipinski definition) is 2. The van der Waals surface area contributed by atoms with Gasteiger partial charge in [0.15, 0.2) is 0 Å². The van der Waals surface area contributed by atoms with E-state index in [4.69, 9.17) is 28.9 Å². The van der Waals surface area contributed by atoms with Gasteiger partial charge in [0.05, 0.1) is 51.2 Å². The SMILES string of the molecule is COc1cccc(-c2c3nc(c(-c4cccc(OC)c4)c4ccc([nH]4)c(-c4cccc(OC)c4)c4ccc([nH]4)c(-c4cccc(OC)c4)c4nc2C=C4)C=C3)c1. The highest BCUT2D eigenvalue weighted by Crippen LogP contribution is 2.40. The first-order valence-electron chi connectivity index (χ1n) is 18.3. The van der Waals surface area contributed by atoms with Gasteiger partial charge >= 0.3 is 0 Å². The minimum atomic E-state index is 0.744. The quantitative estimate of drug-likeness (QED) is 0.161. The van der Waals surface area contributed by atoms with Gasteiger partial charge in [0.25, 0.3) is 0 Å². The molecule has 274 valence electrons. The van der Waals surface area contributed by atoms with Crippen LogP contribution in [0.1, 0.15) is 22.8 Å². The van der Waals surface area contributed by atoms with E-state index in [0.29, 0.717) is 0 Å². The van der Waals surface area contributed by atoms with Crippen LogP contribution in [0, 0.1) is 0 Å². The van der Waals surface area contributed by atoms with Crippen LogP contribution in [0.5, 0.6) is 23.0 Å². The molecule has 0 unspecified atom stereocenters. The molecule has 5 heterocycles. The largest absolute Gasteiger partial charge is 0.497 e. The Morgan fingerprint density at radius 2 is 0.625 bits per heavy atom. The van der Waals surface area contributed by atoms with Gasteiger partial charge in [0.2, 0.25) is 0 Å². The highest BCUT2D eigenvalue weighted by atomic mass is 16.5. The summed E-state index contributed by atoms with van der Waals surface area (Å²) in [5.74, 6) is 3.01. The highest BCUT2D eigenvalue weighted by molar-refractivity contribution is 6.00. The summed E-state index contributed by atoms with van der Waals surface area (Å²) in [5, 5.41) is 0. The Kier molecular flexibility index (Phi) is 8.91. The summed E-state index contributed by atoms with van der Waals surface area (Å²) in [4.78, 5) is 18.4. The van der Waals surface area contributed by atoms with Gasteiger partial charge in [-0.05, 0) is 119 Å². The molecule has 0 atom stereocenters. The predicted molar refractivity (Wildman–Crippen MR) is 227 cm³/mol. The lowest BCUT2D eigenvalue weighted by molar-refractivity contribution is 0.415. The first-order valence-corrected chi connectivity index (χ1v) is 18.3. The molecule has 2 N–H and O–H groups in total. The maximum Gasteiger partial charge on any atom is 0.119 e. The van der Waals surface area contributed by atoms with Gasteiger partial charge in [-0.15, -0.1) is 0 Å². The zero-order valence-corrected chi connectivity index (χ0v) is 31.4. The third-order valence-corrected chi connectivity index (χ3v) is 10.2. The minimum absolute atomic E-state index is 0.744. The summed E-state index contributed by atoms with van der Waals surface area (Å²) in [6.45, 7) is 0. The summed E-state index contributed by atoms with van der Waals surface area (Å²) in [6, 6.07) is 40.8. The van der Waals surface area contributed by atoms with Crippen molar-refractivity contribution in [2.45, 2.75) is 0 Å². The molecule has 0 amide bonds. The molecule has 7 aromatic rings. The Labute approximate surface area is 324 Å². The molecule has 8 bridgehead atoms. The molecule has 2 aliphatic rings. The highest BCUT2D eigenvalue weighted by Gasteiger charge is 2.20. The number of aromatic nitrogens is 4. The third kappa shape index (κ3) is 6.27. The predicted octanol–water partition coefficient (Wildman–Crippen LogP) is 11.4. The number of methoxy groups -OCH3 is 4. The second kappa shape index (κ2) is 14.5. The number of fused-ring (bicyclic) bond motifs is 8. The molecule has 0 fully saturated rings. The van der Waals surface area contributed by atoms with E-state index in [1.165, 1.54) is 0 Å². The maximum absolute atomic E-state index is 5.70. The Morgan fingerprint density at radius 1 is 0.339 bits per heavy atom. The van der Waals surface area contributed by atoms with Crippen molar-refractivity contribution in [2.24, 2.45) is 0 Å². The van der Waals surface area contributed by atoms with Crippen LogP contribution in [-0.4, -0.2) is 48.4 Å². The normalized spacial score (nSPS) is 11.8. The summed E-state index contributed by atoms with van der Waals surface area (Å²) in [6.07, 6.45) is 8.28. The number of aromatic amines is 2. The van der Waals surface area contributed by atoms with E-state index >= 15 is 0 Å². The average molecular weight is 735 g/mol. The molecular formula is C48H38N4O4. The van der Waals surface area contributed by atoms with Gasteiger partial charge in [-0.25, -0.2) is 9.97 Å². The van der Waals surface area contributed by atoms with E-state index in [2.05, 4.69) is 88.9 Å². The number of ether oxygens (including phenoxy) is 4. The van der Waals surface area contributed by atoms with Gasteiger partial charge in [-0.3, -0.25) is 0 Å². The van der Waals surface area contributed by atoms with Crippen molar-refractivity contribution in [3.8, 4) is 67.5 Å². The minimum Gasteiger partial charge on any atom is -0.497 e. The van der Waals surface area contributed by atoms with E-state index in [1.807, 2.05) is 66.7 Å². The topological polar surface area (TPSA) is 94.3 Å². The molecule has 0 radical (unpaired) electrons. The van der Waals surface area contributed by atoms with Crippen molar-refractivity contribution >= 4 is 46.4 Å². The lowest BCUT2D eigenvalue weighted by atomic mass is 10.0. The summed E-state index contributed by atoms with van der Waals surface area (Å²) in [5.41, 5.74) is 14.4. The van der Waals surface area contributed by atoms with E-state index < -0.39 is 0 Å². The average Bonchev–Trinajstić information content (AvgIpc) is 4.09. The third-order valence-electron chi connectivity index (χ3n) is 10.2. The Bertz CT molecular complexity index is 2740.